The molecule has 0 saturated carbocycles. The average Bonchev–Trinajstić information content (AvgIpc) is 3.28. The first-order valence-corrected chi connectivity index (χ1v) is 9.98. The lowest BCUT2D eigenvalue weighted by atomic mass is 10.0. The monoisotopic (exact) mass is 421 g/mol. The molecule has 2 aromatic carbocycles. The van der Waals surface area contributed by atoms with Crippen LogP contribution in [0.3, 0.4) is 0 Å². The van der Waals surface area contributed by atoms with Crippen molar-refractivity contribution < 1.29 is 19.1 Å². The highest BCUT2D eigenvalue weighted by Gasteiger charge is 2.55. The maximum absolute atomic E-state index is 13.0. The van der Waals surface area contributed by atoms with Gasteiger partial charge < -0.3 is 10.1 Å². The number of imide groups is 1. The van der Waals surface area contributed by atoms with Crippen LogP contribution >= 0.6 is 0 Å². The molecule has 0 unspecified atom stereocenters. The zero-order valence-corrected chi connectivity index (χ0v) is 17.5. The fraction of sp³-hybridized carbons (Fsp3) is 0.318. The van der Waals surface area contributed by atoms with Crippen LogP contribution in [0.1, 0.15) is 25.3 Å². The van der Waals surface area contributed by atoms with Crippen LogP contribution < -0.4 is 15.0 Å². The number of nitrogens with zero attached hydrogens (tertiary/aromatic N) is 4. The van der Waals surface area contributed by atoms with Crippen LogP contribution in [-0.2, 0) is 14.4 Å². The van der Waals surface area contributed by atoms with Crippen LogP contribution in [0.15, 0.2) is 58.9 Å². The molecule has 0 spiro atoms. The van der Waals surface area contributed by atoms with E-state index in [0.717, 1.165) is 4.90 Å². The first-order valence-electron chi connectivity index (χ1n) is 9.98. The van der Waals surface area contributed by atoms with Gasteiger partial charge in [-0.3, -0.25) is 19.4 Å². The Morgan fingerprint density at radius 3 is 2.35 bits per heavy atom. The number of benzene rings is 2. The quantitative estimate of drug-likeness (QED) is 0.723. The Kier molecular flexibility index (Phi) is 5.41. The standard InChI is InChI=1S/C22H23N5O4/c1-13(2)14-4-6-15(7-5-14)23-18(28)12-26-20-19(24-25-26)21(29)27(22(20)30)16-8-10-17(31-3)11-9-16/h4-11,13,19-20H,12H2,1-3H3,(H,23,28)/t19-,20-/m0/s1. The minimum atomic E-state index is -0.951. The first-order chi connectivity index (χ1) is 14.9. The van der Waals surface area contributed by atoms with Gasteiger partial charge in [-0.25, -0.2) is 4.90 Å². The van der Waals surface area contributed by atoms with Gasteiger partial charge in [-0.1, -0.05) is 31.2 Å². The average molecular weight is 421 g/mol. The van der Waals surface area contributed by atoms with Gasteiger partial charge in [-0.15, -0.1) is 0 Å². The number of rotatable bonds is 6. The topological polar surface area (TPSA) is 104 Å². The lowest BCUT2D eigenvalue weighted by Crippen LogP contribution is -2.43. The van der Waals surface area contributed by atoms with Crippen molar-refractivity contribution in [2.45, 2.75) is 31.8 Å². The van der Waals surface area contributed by atoms with Gasteiger partial charge in [-0.2, -0.15) is 5.11 Å². The molecule has 31 heavy (non-hydrogen) atoms. The van der Waals surface area contributed by atoms with Gasteiger partial charge in [0, 0.05) is 5.69 Å². The number of ether oxygens (including phenoxy) is 1. The summed E-state index contributed by atoms with van der Waals surface area (Å²) in [6.45, 7) is 4.00. The molecule has 2 aliphatic heterocycles. The van der Waals surface area contributed by atoms with Crippen molar-refractivity contribution in [3.63, 3.8) is 0 Å². The molecule has 1 N–H and O–H groups in total. The number of amides is 3. The Morgan fingerprint density at radius 1 is 1.06 bits per heavy atom. The Labute approximate surface area is 179 Å². The zero-order valence-electron chi connectivity index (χ0n) is 17.5. The second kappa shape index (κ2) is 8.17. The van der Waals surface area contributed by atoms with Gasteiger partial charge in [0.1, 0.15) is 12.3 Å². The van der Waals surface area contributed by atoms with Crippen LogP contribution in [0, 0.1) is 0 Å². The molecular formula is C22H23N5O4. The van der Waals surface area contributed by atoms with Gasteiger partial charge in [0.15, 0.2) is 12.1 Å². The fourth-order valence-corrected chi connectivity index (χ4v) is 3.64. The lowest BCUT2D eigenvalue weighted by Gasteiger charge is -2.20. The third kappa shape index (κ3) is 3.86. The molecule has 9 nitrogen and oxygen atoms in total. The summed E-state index contributed by atoms with van der Waals surface area (Å²) >= 11 is 0. The van der Waals surface area contributed by atoms with E-state index >= 15 is 0 Å². The Morgan fingerprint density at radius 2 is 1.74 bits per heavy atom. The van der Waals surface area contributed by atoms with E-state index in [4.69, 9.17) is 4.74 Å². The summed E-state index contributed by atoms with van der Waals surface area (Å²) in [5.41, 5.74) is 2.24. The van der Waals surface area contributed by atoms with Crippen molar-refractivity contribution >= 4 is 29.1 Å². The number of carbonyl (C=O) groups is 3. The summed E-state index contributed by atoms with van der Waals surface area (Å²) in [5.74, 6) is -0.260. The Bertz CT molecular complexity index is 1030. The van der Waals surface area contributed by atoms with Crippen LogP contribution in [0.25, 0.3) is 0 Å². The molecule has 9 heteroatoms. The maximum atomic E-state index is 13.0. The van der Waals surface area contributed by atoms with Crippen LogP contribution in [0.4, 0.5) is 11.4 Å². The van der Waals surface area contributed by atoms with Gasteiger partial charge in [-0.05, 0) is 47.9 Å². The second-order valence-electron chi connectivity index (χ2n) is 7.73. The predicted molar refractivity (Wildman–Crippen MR) is 114 cm³/mol. The molecule has 0 aliphatic carbocycles. The largest absolute Gasteiger partial charge is 0.497 e. The third-order valence-electron chi connectivity index (χ3n) is 5.36. The summed E-state index contributed by atoms with van der Waals surface area (Å²) < 4.78 is 5.11. The molecule has 2 aliphatic rings. The van der Waals surface area contributed by atoms with E-state index in [0.29, 0.717) is 23.0 Å². The summed E-state index contributed by atoms with van der Waals surface area (Å²) in [4.78, 5) is 39.3. The minimum Gasteiger partial charge on any atom is -0.497 e. The van der Waals surface area contributed by atoms with E-state index in [9.17, 15) is 14.4 Å². The summed E-state index contributed by atoms with van der Waals surface area (Å²) in [5, 5.41) is 11.9. The van der Waals surface area contributed by atoms with Gasteiger partial charge in [0.2, 0.25) is 5.91 Å². The van der Waals surface area contributed by atoms with E-state index in [-0.39, 0.29) is 12.5 Å². The van der Waals surface area contributed by atoms with Crippen LogP contribution in [0.2, 0.25) is 0 Å². The zero-order chi connectivity index (χ0) is 22.1. The predicted octanol–water partition coefficient (Wildman–Crippen LogP) is 2.75. The van der Waals surface area contributed by atoms with E-state index in [1.165, 1.54) is 17.7 Å². The van der Waals surface area contributed by atoms with E-state index in [1.54, 1.807) is 24.3 Å². The van der Waals surface area contributed by atoms with Crippen molar-refractivity contribution in [2.24, 2.45) is 10.3 Å². The maximum Gasteiger partial charge on any atom is 0.263 e. The molecule has 2 heterocycles. The van der Waals surface area contributed by atoms with Crippen LogP contribution in [-0.4, -0.2) is 48.5 Å². The lowest BCUT2D eigenvalue weighted by molar-refractivity contribution is -0.123. The molecule has 160 valence electrons. The number of fused-ring (bicyclic) bond motifs is 1. The number of anilines is 2. The summed E-state index contributed by atoms with van der Waals surface area (Å²) in [6, 6.07) is 12.3. The highest BCUT2D eigenvalue weighted by atomic mass is 16.5. The van der Waals surface area contributed by atoms with E-state index in [1.807, 2.05) is 24.3 Å². The molecule has 0 aromatic heterocycles. The normalized spacial score (nSPS) is 19.9. The molecule has 1 saturated heterocycles. The number of carbonyl (C=O) groups excluding carboxylic acids is 3. The number of nitrogens with one attached hydrogen (secondary N) is 1. The molecular weight excluding hydrogens is 398 g/mol. The van der Waals surface area contributed by atoms with E-state index < -0.39 is 23.9 Å². The molecule has 2 aromatic rings. The molecule has 0 bridgehead atoms. The van der Waals surface area contributed by atoms with Crippen LogP contribution in [0.5, 0.6) is 5.75 Å². The third-order valence-corrected chi connectivity index (χ3v) is 5.36. The first kappa shape index (κ1) is 20.5. The van der Waals surface area contributed by atoms with Crippen molar-refractivity contribution in [2.75, 3.05) is 23.9 Å². The van der Waals surface area contributed by atoms with Gasteiger partial charge in [0.05, 0.1) is 12.8 Å². The Hall–Kier alpha value is -3.75. The summed E-state index contributed by atoms with van der Waals surface area (Å²) in [6.07, 6.45) is 0. The number of hydrogen-bond acceptors (Lipinski definition) is 7. The highest BCUT2D eigenvalue weighted by molar-refractivity contribution is 6.25. The molecule has 3 amide bonds. The van der Waals surface area contributed by atoms with Crippen molar-refractivity contribution in [1.82, 2.24) is 5.01 Å². The summed E-state index contributed by atoms with van der Waals surface area (Å²) in [7, 11) is 1.54. The van der Waals surface area contributed by atoms with Gasteiger partial charge in [0.25, 0.3) is 11.8 Å². The Balaban J connectivity index is 1.44. The molecule has 2 atom stereocenters. The fourth-order valence-electron chi connectivity index (χ4n) is 3.64. The SMILES string of the molecule is COc1ccc(N2C(=O)[C@H]3N=NN(CC(=O)Nc4ccc(C(C)C)cc4)[C@@H]3C2=O)cc1. The molecule has 0 radical (unpaired) electrons. The second-order valence-corrected chi connectivity index (χ2v) is 7.73. The highest BCUT2D eigenvalue weighted by Crippen LogP contribution is 2.32. The number of hydrogen-bond donors (Lipinski definition) is 1. The van der Waals surface area contributed by atoms with Crippen molar-refractivity contribution in [1.29, 1.82) is 0 Å². The van der Waals surface area contributed by atoms with E-state index in [2.05, 4.69) is 29.5 Å². The smallest absolute Gasteiger partial charge is 0.263 e. The van der Waals surface area contributed by atoms with Crippen molar-refractivity contribution in [3.8, 4) is 5.75 Å². The molecule has 4 rings (SSSR count). The van der Waals surface area contributed by atoms with Crippen molar-refractivity contribution in [3.05, 3.63) is 54.1 Å². The minimum absolute atomic E-state index is 0.188. The van der Waals surface area contributed by atoms with Gasteiger partial charge >= 0.3 is 0 Å². The number of methoxy groups -OCH3 is 1. The molecule has 1 fully saturated rings.